The average Bonchev–Trinajstić information content (AvgIpc) is 1.02. The predicted octanol–water partition coefficient (Wildman–Crippen LogP) is 2.80. The molecule has 0 radical (unpaired) electrons. The van der Waals surface area contributed by atoms with Gasteiger partial charge in [-0.2, -0.15) is 5.10 Å². The van der Waals surface area contributed by atoms with Crippen molar-refractivity contribution in [2.75, 3.05) is 48.1 Å². The Morgan fingerprint density at radius 1 is 0.500 bits per heavy atom. The number of aromatic nitrogens is 18. The third-order valence-corrected chi connectivity index (χ3v) is 15.1. The van der Waals surface area contributed by atoms with Crippen molar-refractivity contribution >= 4 is 81.9 Å². The van der Waals surface area contributed by atoms with E-state index in [1.54, 1.807) is 105 Å². The minimum atomic E-state index is -1.34. The molecular weight excluding hydrogens is 1470 g/mol. The quantitative estimate of drug-likeness (QED) is 0.0136. The number of carbonyl (C=O) groups is 9. The van der Waals surface area contributed by atoms with E-state index in [0.29, 0.717) is 59.6 Å². The zero-order chi connectivity index (χ0) is 80.5. The Labute approximate surface area is 627 Å². The number of ether oxygens (including phenoxy) is 1. The molecule has 0 bridgehead atoms. The van der Waals surface area contributed by atoms with E-state index in [1.807, 2.05) is 13.8 Å². The van der Waals surface area contributed by atoms with Crippen LogP contribution in [0.1, 0.15) is 107 Å². The number of aryl methyl sites for hydroxylation is 2. The number of esters is 1. The van der Waals surface area contributed by atoms with Crippen molar-refractivity contribution < 1.29 is 70.6 Å². The summed E-state index contributed by atoms with van der Waals surface area (Å²) in [7, 11) is 1.23. The highest BCUT2D eigenvalue weighted by Gasteiger charge is 2.26. The fraction of sp³-hybridized carbons (Fsp3) is 0.132. The van der Waals surface area contributed by atoms with Gasteiger partial charge in [-0.15, -0.1) is 40.8 Å². The highest BCUT2D eigenvalue weighted by Crippen LogP contribution is 2.25. The maximum atomic E-state index is 14.0. The Hall–Kier alpha value is -15.8. The number of nitrogens with zero attached hydrogens (tertiary/aromatic N) is 18. The number of nitrogens with one attached hydrogen (secondary N) is 7. The van der Waals surface area contributed by atoms with Crippen LogP contribution in [-0.2, 0) is 9.53 Å². The monoisotopic (exact) mass is 1540 g/mol. The fourth-order valence-corrected chi connectivity index (χ4v) is 9.39. The Kier molecular flexibility index (Phi) is 27.2. The minimum absolute atomic E-state index is 0.0452. The second kappa shape index (κ2) is 38.0. The molecule has 0 saturated heterocycles. The molecule has 0 aliphatic rings. The van der Waals surface area contributed by atoms with Crippen molar-refractivity contribution in [3.63, 3.8) is 0 Å². The molecule has 112 heavy (non-hydrogen) atoms. The van der Waals surface area contributed by atoms with Crippen molar-refractivity contribution in [1.29, 1.82) is 0 Å². The summed E-state index contributed by atoms with van der Waals surface area (Å²) in [6.45, 7) is 3.50. The molecule has 12 rings (SSSR count). The van der Waals surface area contributed by atoms with Crippen LogP contribution in [0.2, 0.25) is 0 Å². The molecule has 0 aliphatic carbocycles. The first-order chi connectivity index (χ1) is 53.8. The van der Waals surface area contributed by atoms with Gasteiger partial charge in [-0.3, -0.25) is 66.7 Å². The van der Waals surface area contributed by atoms with E-state index in [-0.39, 0.29) is 88.7 Å². The molecule has 9 aromatic heterocycles. The molecule has 0 saturated carbocycles. The summed E-state index contributed by atoms with van der Waals surface area (Å²) >= 11 is 0. The van der Waals surface area contributed by atoms with Crippen LogP contribution in [0.15, 0.2) is 171 Å². The number of aromatic amines is 1. The lowest BCUT2D eigenvalue weighted by Gasteiger charge is -2.17. The number of guanidine groups is 1. The number of aliphatic hydroxyl groups excluding tert-OH is 1. The highest BCUT2D eigenvalue weighted by atomic mass is 19.2. The molecule has 0 spiro atoms. The van der Waals surface area contributed by atoms with Gasteiger partial charge >= 0.3 is 5.97 Å². The zero-order valence-electron chi connectivity index (χ0n) is 58.6. The van der Waals surface area contributed by atoms with Crippen LogP contribution in [0.4, 0.5) is 40.3 Å². The number of nitrogens with two attached hydrogens (primary N) is 4. The summed E-state index contributed by atoms with van der Waals surface area (Å²) in [4.78, 5) is 129. The molecule has 12 aromatic rings. The van der Waals surface area contributed by atoms with E-state index in [0.717, 1.165) is 11.1 Å². The number of rotatable bonds is 24. The summed E-state index contributed by atoms with van der Waals surface area (Å²) < 4.78 is 66.1. The van der Waals surface area contributed by atoms with Crippen molar-refractivity contribution in [3.8, 4) is 23.3 Å². The van der Waals surface area contributed by atoms with Crippen molar-refractivity contribution in [2.24, 2.45) is 27.9 Å². The summed E-state index contributed by atoms with van der Waals surface area (Å²) in [5, 5.41) is 60.5. The maximum Gasteiger partial charge on any atom is 0.358 e. The molecule has 44 heteroatoms. The van der Waals surface area contributed by atoms with Crippen LogP contribution >= 0.6 is 0 Å². The van der Waals surface area contributed by atoms with Crippen molar-refractivity contribution in [1.82, 2.24) is 99.8 Å². The highest BCUT2D eigenvalue weighted by molar-refractivity contribution is 6.11. The topological polar surface area (TPSA) is 575 Å². The molecule has 1 atom stereocenters. The maximum absolute atomic E-state index is 14.0. The van der Waals surface area contributed by atoms with Gasteiger partial charge in [-0.05, 0) is 111 Å². The Morgan fingerprint density at radius 2 is 0.884 bits per heavy atom. The zero-order valence-corrected chi connectivity index (χ0v) is 58.6. The van der Waals surface area contributed by atoms with Gasteiger partial charge in [0.15, 0.2) is 81.0 Å². The summed E-state index contributed by atoms with van der Waals surface area (Å²) in [5.41, 5.74) is 22.5. The third-order valence-electron chi connectivity index (χ3n) is 15.1. The number of benzene rings is 3. The summed E-state index contributed by atoms with van der Waals surface area (Å²) in [5.74, 6) is -9.92. The van der Waals surface area contributed by atoms with Gasteiger partial charge in [0.1, 0.15) is 31.4 Å². The molecule has 0 unspecified atom stereocenters. The second-order valence-corrected chi connectivity index (χ2v) is 22.8. The number of halogens is 4. The first-order valence-electron chi connectivity index (χ1n) is 32.4. The smallest absolute Gasteiger partial charge is 0.358 e. The van der Waals surface area contributed by atoms with Crippen LogP contribution in [0, 0.1) is 37.1 Å². The van der Waals surface area contributed by atoms with Gasteiger partial charge in [0.2, 0.25) is 5.91 Å². The van der Waals surface area contributed by atoms with Gasteiger partial charge in [0.25, 0.3) is 41.4 Å². The molecule has 9 heterocycles. The number of amides is 8. The average molecular weight is 1540 g/mol. The van der Waals surface area contributed by atoms with E-state index in [4.69, 9.17) is 28.0 Å². The number of imidazole rings is 4. The van der Waals surface area contributed by atoms with Crippen LogP contribution in [0.3, 0.4) is 0 Å². The van der Waals surface area contributed by atoms with Crippen molar-refractivity contribution in [3.05, 3.63) is 246 Å². The second-order valence-electron chi connectivity index (χ2n) is 22.8. The van der Waals surface area contributed by atoms with Gasteiger partial charge in [-0.25, -0.2) is 42.3 Å². The van der Waals surface area contributed by atoms with E-state index in [1.165, 1.54) is 62.5 Å². The molecule has 574 valence electrons. The number of carbonyl (C=O) groups excluding carboxylic acids is 9. The Balaban J connectivity index is 0.000000174. The lowest BCUT2D eigenvalue weighted by molar-refractivity contribution is -0.120. The third kappa shape index (κ3) is 21.5. The van der Waals surface area contributed by atoms with Gasteiger partial charge in [0, 0.05) is 74.8 Å². The molecule has 0 aliphatic heterocycles. The van der Waals surface area contributed by atoms with E-state index < -0.39 is 88.1 Å². The number of hydrogen-bond acceptors (Lipinski definition) is 25. The number of hydrogen-bond donors (Lipinski definition) is 12. The number of anilines is 4. The molecular formula is C68H63F4N29O11. The molecule has 40 nitrogen and oxygen atoms in total. The SMILES string of the molecule is COC(=O)c1[nH]ncc1NC(=O)c1ccc(-n2ccnc2)nn1.Cc1cc(NC(=O)c2ccc(-n3ccnc3)nn2)c(C(N)=O)cc1C.NC(=O)[C@H](CCCN=C(N)N)NC(=O)c1cc(F)c(F)cc1NC(=O)c1ccc(-n2ccnc2)nn1.O=C(Nc1cc(F)c(F)cc1C(=O)NCCO)c1ccc(-n2ccnc2)nn1. The first kappa shape index (κ1) is 80.3. The van der Waals surface area contributed by atoms with Crippen LogP contribution in [-0.4, -0.2) is 186 Å². The van der Waals surface area contributed by atoms with Gasteiger partial charge < -0.3 is 64.7 Å². The van der Waals surface area contributed by atoms with Crippen LogP contribution < -0.4 is 54.8 Å². The van der Waals surface area contributed by atoms with Gasteiger partial charge in [-0.1, -0.05) is 0 Å². The Morgan fingerprint density at radius 3 is 1.23 bits per heavy atom. The largest absolute Gasteiger partial charge is 0.464 e. The first-order valence-corrected chi connectivity index (χ1v) is 32.4. The minimum Gasteiger partial charge on any atom is -0.464 e. The van der Waals surface area contributed by atoms with E-state index in [2.05, 4.69) is 113 Å². The lowest BCUT2D eigenvalue weighted by atomic mass is 10.0. The number of methoxy groups -OCH3 is 1. The fourth-order valence-electron chi connectivity index (χ4n) is 9.39. The number of H-pyrrole nitrogens is 1. The summed E-state index contributed by atoms with van der Waals surface area (Å²) in [6.07, 6.45) is 20.8. The summed E-state index contributed by atoms with van der Waals surface area (Å²) in [6, 6.07) is 16.8. The number of aliphatic hydroxyl groups is 1. The molecule has 8 amide bonds. The molecule has 16 N–H and O–H groups in total. The number of aliphatic imine (C=N–C) groups is 1. The van der Waals surface area contributed by atoms with Gasteiger partial charge in [0.05, 0.1) is 59.4 Å². The normalized spacial score (nSPS) is 10.8. The lowest BCUT2D eigenvalue weighted by Crippen LogP contribution is -2.44. The van der Waals surface area contributed by atoms with Crippen LogP contribution in [0.25, 0.3) is 23.3 Å². The predicted molar refractivity (Wildman–Crippen MR) is 385 cm³/mol. The standard InChI is InChI=1S/C21H22F2N10O3.C17H14F2N6O3.C17H16N6O2.C13H11N7O3/c22-12-8-11(19(35)29-14(18(24)34)2-1-5-28-21(25)26)16(9-13(12)23)30-20(36)15-3-4-17(32-31-15)33-7-6-27-10-33;18-11-7-10(16(27)21-4-6-26)14(8-12(11)19)22-17(28)13-1-2-15(24-23-13)25-5-3-20-9-25;1-10-7-12(16(18)24)14(8-11(10)2)20-17(25)13-3-4-15(22-21-13)23-6-5-19-9-23;1-23-13(22)11-9(6-15-19-11)16-12(21)8-2-3-10(18-17-8)20-5-4-14-7-20/h3-4,6-10,14H,1-2,5H2,(H2,24,34)(H,29,35)(H,30,36)(H4,25,26,28);1-3,5,7-9,26H,4,6H2,(H,21,27)(H,22,28);3-9H,1-2H3,(H2,18,24)(H,20,25);2-7H,1H3,(H,15,19)(H,16,21)/t14-;;;/m0.../s1. The van der Waals surface area contributed by atoms with E-state index in [9.17, 15) is 60.7 Å². The molecule has 3 aromatic carbocycles. The number of primary amides is 2. The van der Waals surface area contributed by atoms with E-state index >= 15 is 0 Å². The Bertz CT molecular complexity index is 5350. The van der Waals surface area contributed by atoms with Crippen LogP contribution in [0.5, 0.6) is 0 Å². The van der Waals surface area contributed by atoms with Crippen molar-refractivity contribution in [2.45, 2.75) is 32.7 Å². The molecule has 0 fully saturated rings.